The second kappa shape index (κ2) is 6.80. The minimum absolute atomic E-state index is 0.227. The van der Waals surface area contributed by atoms with E-state index < -0.39 is 8.32 Å². The molecule has 0 unspecified atom stereocenters. The van der Waals surface area contributed by atoms with Crippen LogP contribution in [0.5, 0.6) is 0 Å². The molecule has 0 aliphatic carbocycles. The Morgan fingerprint density at radius 2 is 1.78 bits per heavy atom. The third kappa shape index (κ3) is 4.62. The van der Waals surface area contributed by atoms with Crippen molar-refractivity contribution < 1.29 is 9.22 Å². The maximum atomic E-state index is 10.7. The fourth-order valence-electron chi connectivity index (χ4n) is 1.96. The van der Waals surface area contributed by atoms with Gasteiger partial charge in [-0.1, -0.05) is 45.0 Å². The minimum atomic E-state index is -1.71. The van der Waals surface area contributed by atoms with Crippen LogP contribution < -0.4 is 0 Å². The Morgan fingerprint density at radius 1 is 1.17 bits per heavy atom. The number of hydrogen-bond donors (Lipinski definition) is 0. The predicted molar refractivity (Wildman–Crippen MR) is 95.1 cm³/mol. The predicted octanol–water partition coefficient (Wildman–Crippen LogP) is 4.27. The molecule has 124 valence electrons. The van der Waals surface area contributed by atoms with Crippen molar-refractivity contribution in [1.29, 1.82) is 0 Å². The lowest BCUT2D eigenvalue weighted by atomic mass is 10.1. The van der Waals surface area contributed by atoms with Crippen LogP contribution in [0.4, 0.5) is 0 Å². The van der Waals surface area contributed by atoms with Crippen LogP contribution in [0, 0.1) is 0 Å². The van der Waals surface area contributed by atoms with Gasteiger partial charge in [-0.05, 0) is 29.3 Å². The van der Waals surface area contributed by atoms with Gasteiger partial charge in [-0.15, -0.1) is 0 Å². The Morgan fingerprint density at radius 3 is 2.30 bits per heavy atom. The number of carbonyl (C=O) groups is 1. The van der Waals surface area contributed by atoms with Crippen molar-refractivity contribution in [3.05, 3.63) is 53.6 Å². The molecular weight excluding hydrogens is 304 g/mol. The molecule has 4 nitrogen and oxygen atoms in total. The van der Waals surface area contributed by atoms with E-state index in [0.29, 0.717) is 18.8 Å². The van der Waals surface area contributed by atoms with Crippen molar-refractivity contribution in [2.45, 2.75) is 52.1 Å². The Hall–Kier alpha value is -1.72. The number of aldehydes is 1. The highest BCUT2D eigenvalue weighted by atomic mass is 28.4. The van der Waals surface area contributed by atoms with E-state index in [1.807, 2.05) is 4.57 Å². The summed E-state index contributed by atoms with van der Waals surface area (Å²) in [6, 6.07) is 8.43. The smallest absolute Gasteiger partial charge is 0.192 e. The van der Waals surface area contributed by atoms with Crippen molar-refractivity contribution in [3.8, 4) is 0 Å². The Kier molecular flexibility index (Phi) is 5.22. The molecular formula is C18H26N2O2Si. The van der Waals surface area contributed by atoms with Gasteiger partial charge in [0.2, 0.25) is 0 Å². The van der Waals surface area contributed by atoms with E-state index in [2.05, 4.69) is 63.1 Å². The van der Waals surface area contributed by atoms with Crippen molar-refractivity contribution >= 4 is 14.6 Å². The first-order valence-electron chi connectivity index (χ1n) is 7.90. The molecule has 0 N–H and O–H groups in total. The summed E-state index contributed by atoms with van der Waals surface area (Å²) in [4.78, 5) is 14.7. The Balaban J connectivity index is 1.95. The summed E-state index contributed by atoms with van der Waals surface area (Å²) < 4.78 is 8.15. The van der Waals surface area contributed by atoms with Crippen molar-refractivity contribution in [3.63, 3.8) is 0 Å². The summed E-state index contributed by atoms with van der Waals surface area (Å²) in [5.41, 5.74) is 2.83. The molecule has 0 radical (unpaired) electrons. The third-order valence-corrected chi connectivity index (χ3v) is 9.05. The third-order valence-electron chi connectivity index (χ3n) is 4.57. The van der Waals surface area contributed by atoms with Crippen LogP contribution in [0.15, 0.2) is 36.8 Å². The molecule has 0 saturated heterocycles. The fourth-order valence-corrected chi connectivity index (χ4v) is 2.92. The van der Waals surface area contributed by atoms with Crippen LogP contribution in [-0.4, -0.2) is 24.2 Å². The second-order valence-electron chi connectivity index (χ2n) is 7.45. The van der Waals surface area contributed by atoms with Crippen molar-refractivity contribution in [1.82, 2.24) is 9.55 Å². The van der Waals surface area contributed by atoms with E-state index in [1.165, 1.54) is 11.1 Å². The normalized spacial score (nSPS) is 12.4. The molecule has 0 atom stereocenters. The van der Waals surface area contributed by atoms with Crippen LogP contribution >= 0.6 is 0 Å². The lowest BCUT2D eigenvalue weighted by molar-refractivity contribution is 0.111. The molecule has 0 bridgehead atoms. The monoisotopic (exact) mass is 330 g/mol. The van der Waals surface area contributed by atoms with E-state index in [1.54, 1.807) is 12.5 Å². The summed E-state index contributed by atoms with van der Waals surface area (Å²) in [6.45, 7) is 12.7. The van der Waals surface area contributed by atoms with E-state index in [4.69, 9.17) is 4.43 Å². The molecule has 5 heteroatoms. The van der Waals surface area contributed by atoms with Gasteiger partial charge in [0.25, 0.3) is 0 Å². The molecule has 1 aromatic heterocycles. The van der Waals surface area contributed by atoms with Gasteiger partial charge < -0.3 is 8.99 Å². The highest BCUT2D eigenvalue weighted by Crippen LogP contribution is 2.37. The van der Waals surface area contributed by atoms with Crippen LogP contribution in [0.1, 0.15) is 42.4 Å². The van der Waals surface area contributed by atoms with E-state index in [0.717, 1.165) is 6.29 Å². The number of rotatable bonds is 6. The Bertz CT molecular complexity index is 654. The summed E-state index contributed by atoms with van der Waals surface area (Å²) in [5, 5.41) is 0.227. The molecule has 0 saturated carbocycles. The largest absolute Gasteiger partial charge is 0.413 e. The molecule has 0 fully saturated rings. The molecule has 2 rings (SSSR count). The van der Waals surface area contributed by atoms with Gasteiger partial charge in [0.1, 0.15) is 5.69 Å². The van der Waals surface area contributed by atoms with E-state index in [9.17, 15) is 4.79 Å². The maximum absolute atomic E-state index is 10.7. The standard InChI is InChI=1S/C18H26N2O2Si/c1-18(2,3)23(4,5)22-13-16-8-6-15(7-9-16)10-20-11-17(12-21)19-14-20/h6-9,11-12,14H,10,13H2,1-5H3. The van der Waals surface area contributed by atoms with Crippen LogP contribution in [0.2, 0.25) is 18.1 Å². The Labute approximate surface area is 139 Å². The highest BCUT2D eigenvalue weighted by molar-refractivity contribution is 6.74. The zero-order valence-electron chi connectivity index (χ0n) is 14.7. The first kappa shape index (κ1) is 17.6. The number of imidazole rings is 1. The van der Waals surface area contributed by atoms with Gasteiger partial charge in [-0.2, -0.15) is 0 Å². The molecule has 1 aromatic carbocycles. The first-order chi connectivity index (χ1) is 10.7. The summed E-state index contributed by atoms with van der Waals surface area (Å²) in [7, 11) is -1.71. The number of benzene rings is 1. The topological polar surface area (TPSA) is 44.1 Å². The zero-order chi connectivity index (χ0) is 17.1. The maximum Gasteiger partial charge on any atom is 0.192 e. The second-order valence-corrected chi connectivity index (χ2v) is 12.3. The molecule has 0 aliphatic heterocycles. The van der Waals surface area contributed by atoms with Gasteiger partial charge in [0.15, 0.2) is 14.6 Å². The number of carbonyl (C=O) groups excluding carboxylic acids is 1. The van der Waals surface area contributed by atoms with Crippen LogP contribution in [0.25, 0.3) is 0 Å². The lowest BCUT2D eigenvalue weighted by Crippen LogP contribution is -2.40. The lowest BCUT2D eigenvalue weighted by Gasteiger charge is -2.36. The summed E-state index contributed by atoms with van der Waals surface area (Å²) in [6.07, 6.45) is 4.19. The average Bonchev–Trinajstić information content (AvgIpc) is 2.93. The SMILES string of the molecule is CC(C)(C)[Si](C)(C)OCc1ccc(Cn2cnc(C=O)c2)cc1. The summed E-state index contributed by atoms with van der Waals surface area (Å²) in [5.74, 6) is 0. The van der Waals surface area contributed by atoms with Gasteiger partial charge in [0, 0.05) is 12.7 Å². The van der Waals surface area contributed by atoms with Gasteiger partial charge in [-0.3, -0.25) is 4.79 Å². The molecule has 23 heavy (non-hydrogen) atoms. The van der Waals surface area contributed by atoms with Crippen molar-refractivity contribution in [2.75, 3.05) is 0 Å². The molecule has 1 heterocycles. The zero-order valence-corrected chi connectivity index (χ0v) is 15.7. The van der Waals surface area contributed by atoms with E-state index >= 15 is 0 Å². The molecule has 0 spiro atoms. The van der Waals surface area contributed by atoms with E-state index in [-0.39, 0.29) is 5.04 Å². The molecule has 0 amide bonds. The fraction of sp³-hybridized carbons (Fsp3) is 0.444. The van der Waals surface area contributed by atoms with Gasteiger partial charge >= 0.3 is 0 Å². The molecule has 2 aromatic rings. The number of nitrogens with zero attached hydrogens (tertiary/aromatic N) is 2. The van der Waals surface area contributed by atoms with Crippen molar-refractivity contribution in [2.24, 2.45) is 0 Å². The van der Waals surface area contributed by atoms with Crippen LogP contribution in [0.3, 0.4) is 0 Å². The molecule has 0 aliphatic rings. The first-order valence-corrected chi connectivity index (χ1v) is 10.8. The quantitative estimate of drug-likeness (QED) is 0.587. The minimum Gasteiger partial charge on any atom is -0.413 e. The van der Waals surface area contributed by atoms with Gasteiger partial charge in [-0.25, -0.2) is 4.98 Å². The summed E-state index contributed by atoms with van der Waals surface area (Å²) >= 11 is 0. The number of aromatic nitrogens is 2. The average molecular weight is 331 g/mol. The van der Waals surface area contributed by atoms with Crippen LogP contribution in [-0.2, 0) is 17.6 Å². The highest BCUT2D eigenvalue weighted by Gasteiger charge is 2.36. The number of hydrogen-bond acceptors (Lipinski definition) is 3. The van der Waals surface area contributed by atoms with Gasteiger partial charge in [0.05, 0.1) is 12.9 Å².